The van der Waals surface area contributed by atoms with E-state index in [1.807, 2.05) is 6.92 Å². The van der Waals surface area contributed by atoms with Crippen molar-refractivity contribution in [2.75, 3.05) is 58.4 Å². The number of hydrogen-bond donors (Lipinski definition) is 1. The summed E-state index contributed by atoms with van der Waals surface area (Å²) in [5.74, 6) is -0.141. The Morgan fingerprint density at radius 3 is 2.30 bits per heavy atom. The Kier molecular flexibility index (Phi) is 7.98. The lowest BCUT2D eigenvalue weighted by Gasteiger charge is -2.34. The van der Waals surface area contributed by atoms with Gasteiger partial charge < -0.3 is 14.0 Å². The van der Waals surface area contributed by atoms with Crippen molar-refractivity contribution in [3.8, 4) is 0 Å². The minimum absolute atomic E-state index is 0.141. The van der Waals surface area contributed by atoms with Crippen molar-refractivity contribution in [1.82, 2.24) is 0 Å². The highest BCUT2D eigenvalue weighted by molar-refractivity contribution is 7.85. The molecule has 0 amide bonds. The number of likely N-dealkylation sites (tertiary alicyclic amines) is 1. The molecule has 0 aromatic heterocycles. The maximum atomic E-state index is 10.8. The molecule has 1 aliphatic heterocycles. The van der Waals surface area contributed by atoms with Crippen LogP contribution in [0.3, 0.4) is 0 Å². The third-order valence-electron chi connectivity index (χ3n) is 3.84. The maximum absolute atomic E-state index is 10.8. The van der Waals surface area contributed by atoms with Crippen LogP contribution in [0.25, 0.3) is 0 Å². The Bertz CT molecular complexity index is 352. The van der Waals surface area contributed by atoms with Gasteiger partial charge in [0.25, 0.3) is 10.1 Å². The zero-order valence-electron chi connectivity index (χ0n) is 12.4. The highest BCUT2D eigenvalue weighted by Gasteiger charge is 2.31. The number of rotatable bonds is 11. The number of ether oxygens (including phenoxy) is 2. The second kappa shape index (κ2) is 8.94. The van der Waals surface area contributed by atoms with E-state index in [0.717, 1.165) is 30.7 Å². The topological polar surface area (TPSA) is 72.8 Å². The molecule has 1 heterocycles. The Hall–Kier alpha value is -0.210. The summed E-state index contributed by atoms with van der Waals surface area (Å²) in [6.45, 7) is 8.46. The fourth-order valence-electron chi connectivity index (χ4n) is 2.77. The standard InChI is InChI=1S/C13H27NO5S/c1-2-18-11-12-19-10-9-14(6-3-4-7-14)8-5-13-20(15,16)17/h2-13H2,1H3/p+1. The molecule has 120 valence electrons. The Balaban J connectivity index is 2.24. The van der Waals surface area contributed by atoms with E-state index in [4.69, 9.17) is 14.0 Å². The molecular weight excluding hydrogens is 282 g/mol. The molecule has 1 aliphatic rings. The summed E-state index contributed by atoms with van der Waals surface area (Å²) in [6.07, 6.45) is 2.88. The molecule has 0 saturated carbocycles. The van der Waals surface area contributed by atoms with Gasteiger partial charge in [-0.2, -0.15) is 8.42 Å². The normalized spacial score (nSPS) is 18.5. The predicted molar refractivity (Wildman–Crippen MR) is 77.3 cm³/mol. The van der Waals surface area contributed by atoms with Gasteiger partial charge in [0.2, 0.25) is 0 Å². The lowest BCUT2D eigenvalue weighted by molar-refractivity contribution is -0.917. The van der Waals surface area contributed by atoms with Crippen LogP contribution in [0.2, 0.25) is 0 Å². The lowest BCUT2D eigenvalue weighted by atomic mass is 10.3. The minimum atomic E-state index is -3.84. The molecule has 7 heteroatoms. The van der Waals surface area contributed by atoms with Crippen molar-refractivity contribution >= 4 is 10.1 Å². The first kappa shape index (κ1) is 17.8. The lowest BCUT2D eigenvalue weighted by Crippen LogP contribution is -2.48. The highest BCUT2D eigenvalue weighted by atomic mass is 32.2. The summed E-state index contributed by atoms with van der Waals surface area (Å²) in [4.78, 5) is 0. The summed E-state index contributed by atoms with van der Waals surface area (Å²) in [6, 6.07) is 0. The van der Waals surface area contributed by atoms with Crippen molar-refractivity contribution in [3.05, 3.63) is 0 Å². The number of hydrogen-bond acceptors (Lipinski definition) is 4. The van der Waals surface area contributed by atoms with Gasteiger partial charge in [-0.15, -0.1) is 0 Å². The Morgan fingerprint density at radius 1 is 1.05 bits per heavy atom. The van der Waals surface area contributed by atoms with E-state index in [0.29, 0.717) is 32.8 Å². The average molecular weight is 310 g/mol. The van der Waals surface area contributed by atoms with Crippen LogP contribution in [0.15, 0.2) is 0 Å². The minimum Gasteiger partial charge on any atom is -0.379 e. The van der Waals surface area contributed by atoms with Crippen molar-refractivity contribution in [1.29, 1.82) is 0 Å². The molecule has 1 saturated heterocycles. The predicted octanol–water partition coefficient (Wildman–Crippen LogP) is 0.928. The maximum Gasteiger partial charge on any atom is 0.265 e. The molecule has 0 radical (unpaired) electrons. The van der Waals surface area contributed by atoms with Crippen LogP contribution in [0.5, 0.6) is 0 Å². The molecule has 1 rings (SSSR count). The molecule has 0 aliphatic carbocycles. The van der Waals surface area contributed by atoms with E-state index < -0.39 is 10.1 Å². The van der Waals surface area contributed by atoms with E-state index in [1.54, 1.807) is 0 Å². The van der Waals surface area contributed by atoms with Gasteiger partial charge in [-0.3, -0.25) is 4.55 Å². The highest BCUT2D eigenvalue weighted by Crippen LogP contribution is 2.20. The van der Waals surface area contributed by atoms with Crippen LogP contribution in [-0.2, 0) is 19.6 Å². The molecule has 1 fully saturated rings. The van der Waals surface area contributed by atoms with Crippen molar-refractivity contribution in [3.63, 3.8) is 0 Å². The van der Waals surface area contributed by atoms with Gasteiger partial charge in [-0.05, 0) is 6.92 Å². The van der Waals surface area contributed by atoms with Crippen LogP contribution in [0.4, 0.5) is 0 Å². The van der Waals surface area contributed by atoms with Gasteiger partial charge in [0, 0.05) is 25.9 Å². The summed E-state index contributed by atoms with van der Waals surface area (Å²) in [5, 5.41) is 0. The van der Waals surface area contributed by atoms with Crippen molar-refractivity contribution in [2.45, 2.75) is 26.2 Å². The van der Waals surface area contributed by atoms with E-state index in [-0.39, 0.29) is 5.75 Å². The summed E-state index contributed by atoms with van der Waals surface area (Å²) in [7, 11) is -3.84. The molecule has 0 aromatic carbocycles. The van der Waals surface area contributed by atoms with Crippen LogP contribution >= 0.6 is 0 Å². The Labute approximate surface area is 122 Å². The van der Waals surface area contributed by atoms with Gasteiger partial charge >= 0.3 is 0 Å². The molecule has 6 nitrogen and oxygen atoms in total. The quantitative estimate of drug-likeness (QED) is 0.349. The van der Waals surface area contributed by atoms with Crippen LogP contribution in [0, 0.1) is 0 Å². The van der Waals surface area contributed by atoms with E-state index in [2.05, 4.69) is 0 Å². The summed E-state index contributed by atoms with van der Waals surface area (Å²) in [5.41, 5.74) is 0. The molecule has 0 bridgehead atoms. The largest absolute Gasteiger partial charge is 0.379 e. The van der Waals surface area contributed by atoms with Gasteiger partial charge in [0.05, 0.1) is 45.2 Å². The van der Waals surface area contributed by atoms with Crippen LogP contribution in [-0.4, -0.2) is 75.8 Å². The molecule has 20 heavy (non-hydrogen) atoms. The SMILES string of the molecule is CCOCCOCC[N+]1(CCCS(=O)(=O)O)CCCC1. The average Bonchev–Trinajstić information content (AvgIpc) is 2.81. The second-order valence-electron chi connectivity index (χ2n) is 5.39. The van der Waals surface area contributed by atoms with Crippen molar-refractivity contribution < 1.29 is 26.9 Å². The van der Waals surface area contributed by atoms with Crippen LogP contribution in [0.1, 0.15) is 26.2 Å². The molecule has 0 unspecified atom stereocenters. The first-order valence-corrected chi connectivity index (χ1v) is 9.04. The molecule has 0 atom stereocenters. The Morgan fingerprint density at radius 2 is 1.70 bits per heavy atom. The van der Waals surface area contributed by atoms with E-state index in [9.17, 15) is 8.42 Å². The zero-order chi connectivity index (χ0) is 14.9. The van der Waals surface area contributed by atoms with E-state index in [1.165, 1.54) is 12.8 Å². The third-order valence-corrected chi connectivity index (χ3v) is 4.64. The second-order valence-corrected chi connectivity index (χ2v) is 6.96. The van der Waals surface area contributed by atoms with Crippen molar-refractivity contribution in [2.24, 2.45) is 0 Å². The molecular formula is C13H28NO5S+. The molecule has 0 aromatic rings. The first-order chi connectivity index (χ1) is 9.47. The molecule has 1 N–H and O–H groups in total. The van der Waals surface area contributed by atoms with Gasteiger partial charge in [-0.1, -0.05) is 0 Å². The summed E-state index contributed by atoms with van der Waals surface area (Å²) >= 11 is 0. The fourth-order valence-corrected chi connectivity index (χ4v) is 3.26. The van der Waals surface area contributed by atoms with Gasteiger partial charge in [0.1, 0.15) is 6.54 Å². The van der Waals surface area contributed by atoms with Gasteiger partial charge in [-0.25, -0.2) is 0 Å². The van der Waals surface area contributed by atoms with E-state index >= 15 is 0 Å². The van der Waals surface area contributed by atoms with Crippen LogP contribution < -0.4 is 0 Å². The summed E-state index contributed by atoms with van der Waals surface area (Å²) < 4.78 is 42.0. The number of quaternary nitrogens is 1. The number of nitrogens with zero attached hydrogens (tertiary/aromatic N) is 1. The van der Waals surface area contributed by atoms with Gasteiger partial charge in [0.15, 0.2) is 0 Å². The first-order valence-electron chi connectivity index (χ1n) is 7.43. The monoisotopic (exact) mass is 310 g/mol. The zero-order valence-corrected chi connectivity index (χ0v) is 13.2. The molecule has 0 spiro atoms. The third kappa shape index (κ3) is 7.54. The smallest absolute Gasteiger partial charge is 0.265 e. The fraction of sp³-hybridized carbons (Fsp3) is 1.00.